The third-order valence-electron chi connectivity index (χ3n) is 5.13. The molecule has 7 atom stereocenters. The molecule has 7 unspecified atom stereocenters. The van der Waals surface area contributed by atoms with Gasteiger partial charge in [0.15, 0.2) is 25.2 Å². The van der Waals surface area contributed by atoms with Crippen LogP contribution in [-0.4, -0.2) is 43.3 Å². The Kier molecular flexibility index (Phi) is 8.36. The molecule has 6 nitrogen and oxygen atoms in total. The lowest BCUT2D eigenvalue weighted by molar-refractivity contribution is -0.289. The minimum absolute atomic E-state index is 0.390. The normalized spacial score (nSPS) is 36.3. The summed E-state index contributed by atoms with van der Waals surface area (Å²) in [6.07, 6.45) is 5.31. The SMILES string of the molecule is CC.CC.O=CC1OC(c2ccccc2)OC2C1OC1OC(C3=CCCC=C3)OC12. The third kappa shape index (κ3) is 4.58. The number of benzene rings is 1. The van der Waals surface area contributed by atoms with Crippen LogP contribution < -0.4 is 0 Å². The molecular weight excluding hydrogens is 384 g/mol. The van der Waals surface area contributed by atoms with E-state index in [4.69, 9.17) is 23.7 Å². The standard InChI is InChI=1S/C20H20O6.2C2H6/c21-11-14-15-16(24-18(22-14)12-7-3-1-4-8-12)17-20(23-15)26-19(25-17)13-9-5-2-6-10-13;2*1-2/h1,3-5,7-11,14-20H,2,6H2;2*1-2H3. The molecule has 1 aliphatic carbocycles. The number of hydrogen-bond donors (Lipinski definition) is 0. The van der Waals surface area contributed by atoms with E-state index in [2.05, 4.69) is 12.2 Å². The van der Waals surface area contributed by atoms with Gasteiger partial charge in [0.25, 0.3) is 0 Å². The Hall–Kier alpha value is -1.83. The molecule has 0 saturated carbocycles. The first kappa shape index (κ1) is 22.8. The van der Waals surface area contributed by atoms with Crippen molar-refractivity contribution < 1.29 is 28.5 Å². The highest BCUT2D eigenvalue weighted by Crippen LogP contribution is 2.43. The number of hydrogen-bond acceptors (Lipinski definition) is 6. The molecule has 164 valence electrons. The maximum absolute atomic E-state index is 11.6. The molecular formula is C24H32O6. The lowest BCUT2D eigenvalue weighted by Crippen LogP contribution is -2.49. The molecule has 0 aromatic heterocycles. The van der Waals surface area contributed by atoms with Crippen LogP contribution in [-0.2, 0) is 28.5 Å². The largest absolute Gasteiger partial charge is 0.340 e. The molecule has 0 amide bonds. The minimum atomic E-state index is -0.719. The van der Waals surface area contributed by atoms with Crippen molar-refractivity contribution >= 4 is 6.29 Å². The van der Waals surface area contributed by atoms with Gasteiger partial charge in [-0.2, -0.15) is 0 Å². The summed E-state index contributed by atoms with van der Waals surface area (Å²) in [6, 6.07) is 9.56. The van der Waals surface area contributed by atoms with E-state index in [9.17, 15) is 4.79 Å². The predicted molar refractivity (Wildman–Crippen MR) is 113 cm³/mol. The maximum atomic E-state index is 11.6. The van der Waals surface area contributed by atoms with Crippen molar-refractivity contribution in [2.75, 3.05) is 0 Å². The molecule has 0 bridgehead atoms. The van der Waals surface area contributed by atoms with Gasteiger partial charge in [0.05, 0.1) is 0 Å². The Labute approximate surface area is 178 Å². The van der Waals surface area contributed by atoms with Crippen molar-refractivity contribution in [3.05, 3.63) is 59.7 Å². The topological polar surface area (TPSA) is 63.2 Å². The lowest BCUT2D eigenvalue weighted by atomic mass is 10.0. The van der Waals surface area contributed by atoms with Crippen molar-refractivity contribution in [2.24, 2.45) is 0 Å². The molecule has 4 aliphatic rings. The summed E-state index contributed by atoms with van der Waals surface area (Å²) in [6.45, 7) is 8.00. The highest BCUT2D eigenvalue weighted by Gasteiger charge is 2.58. The molecule has 30 heavy (non-hydrogen) atoms. The molecule has 3 saturated heterocycles. The minimum Gasteiger partial charge on any atom is -0.340 e. The summed E-state index contributed by atoms with van der Waals surface area (Å²) >= 11 is 0. The van der Waals surface area contributed by atoms with Crippen molar-refractivity contribution in [1.82, 2.24) is 0 Å². The Morgan fingerprint density at radius 3 is 2.20 bits per heavy atom. The second-order valence-electron chi connectivity index (χ2n) is 6.80. The first-order chi connectivity index (χ1) is 14.8. The summed E-state index contributed by atoms with van der Waals surface area (Å²) in [5.41, 5.74) is 1.86. The van der Waals surface area contributed by atoms with E-state index in [-0.39, 0.29) is 0 Å². The molecule has 3 aliphatic heterocycles. The Morgan fingerprint density at radius 2 is 1.53 bits per heavy atom. The average Bonchev–Trinajstić information content (AvgIpc) is 3.41. The zero-order chi connectivity index (χ0) is 21.5. The summed E-state index contributed by atoms with van der Waals surface area (Å²) in [5.74, 6) is 0. The van der Waals surface area contributed by atoms with Gasteiger partial charge in [-0.05, 0) is 12.8 Å². The van der Waals surface area contributed by atoms with Crippen LogP contribution in [0.25, 0.3) is 0 Å². The van der Waals surface area contributed by atoms with Gasteiger partial charge < -0.3 is 28.5 Å². The highest BCUT2D eigenvalue weighted by atomic mass is 16.8. The van der Waals surface area contributed by atoms with Crippen LogP contribution in [0, 0.1) is 0 Å². The number of carbonyl (C=O) groups is 1. The van der Waals surface area contributed by atoms with Gasteiger partial charge in [0.2, 0.25) is 0 Å². The Balaban J connectivity index is 0.000000606. The van der Waals surface area contributed by atoms with E-state index >= 15 is 0 Å². The number of fused-ring (bicyclic) bond motifs is 3. The fourth-order valence-electron chi connectivity index (χ4n) is 3.86. The second-order valence-corrected chi connectivity index (χ2v) is 6.80. The summed E-state index contributed by atoms with van der Waals surface area (Å²) in [4.78, 5) is 11.6. The van der Waals surface area contributed by atoms with Gasteiger partial charge >= 0.3 is 0 Å². The van der Waals surface area contributed by atoms with Gasteiger partial charge in [0, 0.05) is 11.1 Å². The van der Waals surface area contributed by atoms with Gasteiger partial charge in [-0.15, -0.1) is 0 Å². The van der Waals surface area contributed by atoms with Crippen LogP contribution in [0.2, 0.25) is 0 Å². The Bertz CT molecular complexity index is 730. The number of carbonyl (C=O) groups excluding carboxylic acids is 1. The fourth-order valence-corrected chi connectivity index (χ4v) is 3.86. The maximum Gasteiger partial charge on any atom is 0.190 e. The van der Waals surface area contributed by atoms with Crippen LogP contribution in [0.4, 0.5) is 0 Å². The zero-order valence-electron chi connectivity index (χ0n) is 18.1. The molecule has 5 rings (SSSR count). The van der Waals surface area contributed by atoms with Crippen LogP contribution >= 0.6 is 0 Å². The Morgan fingerprint density at radius 1 is 0.800 bits per heavy atom. The lowest BCUT2D eigenvalue weighted by Gasteiger charge is -2.37. The number of ether oxygens (including phenoxy) is 5. The molecule has 3 fully saturated rings. The average molecular weight is 417 g/mol. The number of aldehydes is 1. The number of rotatable bonds is 3. The van der Waals surface area contributed by atoms with Gasteiger partial charge in [-0.25, -0.2) is 0 Å². The predicted octanol–water partition coefficient (Wildman–Crippen LogP) is 4.46. The monoisotopic (exact) mass is 416 g/mol. The molecule has 0 spiro atoms. The second kappa shape index (κ2) is 11.0. The summed E-state index contributed by atoms with van der Waals surface area (Å²) in [7, 11) is 0. The fraction of sp³-hybridized carbons (Fsp3) is 0.542. The van der Waals surface area contributed by atoms with Gasteiger partial charge in [-0.1, -0.05) is 76.3 Å². The van der Waals surface area contributed by atoms with Crippen LogP contribution in [0.15, 0.2) is 54.1 Å². The van der Waals surface area contributed by atoms with E-state index in [0.29, 0.717) is 0 Å². The first-order valence-corrected chi connectivity index (χ1v) is 11.0. The molecule has 1 aromatic rings. The number of allylic oxidation sites excluding steroid dienone is 2. The van der Waals surface area contributed by atoms with Crippen LogP contribution in [0.5, 0.6) is 0 Å². The van der Waals surface area contributed by atoms with E-state index in [0.717, 1.165) is 30.3 Å². The first-order valence-electron chi connectivity index (χ1n) is 11.0. The molecule has 3 heterocycles. The molecule has 0 N–H and O–H groups in total. The highest BCUT2D eigenvalue weighted by molar-refractivity contribution is 5.58. The smallest absolute Gasteiger partial charge is 0.190 e. The van der Waals surface area contributed by atoms with Crippen molar-refractivity contribution in [1.29, 1.82) is 0 Å². The molecule has 0 radical (unpaired) electrons. The zero-order valence-corrected chi connectivity index (χ0v) is 18.1. The van der Waals surface area contributed by atoms with E-state index < -0.39 is 43.3 Å². The van der Waals surface area contributed by atoms with Crippen LogP contribution in [0.1, 0.15) is 52.4 Å². The molecule has 1 aromatic carbocycles. The molecule has 6 heteroatoms. The van der Waals surface area contributed by atoms with E-state index in [1.54, 1.807) is 0 Å². The van der Waals surface area contributed by atoms with Gasteiger partial charge in [-0.3, -0.25) is 0 Å². The summed E-state index contributed by atoms with van der Waals surface area (Å²) in [5, 5.41) is 0. The van der Waals surface area contributed by atoms with Crippen molar-refractivity contribution in [2.45, 2.75) is 83.8 Å². The van der Waals surface area contributed by atoms with Crippen molar-refractivity contribution in [3.8, 4) is 0 Å². The quantitative estimate of drug-likeness (QED) is 0.678. The third-order valence-corrected chi connectivity index (χ3v) is 5.13. The summed E-state index contributed by atoms with van der Waals surface area (Å²) < 4.78 is 29.9. The van der Waals surface area contributed by atoms with E-state index in [1.165, 1.54) is 0 Å². The van der Waals surface area contributed by atoms with Crippen LogP contribution in [0.3, 0.4) is 0 Å². The van der Waals surface area contributed by atoms with E-state index in [1.807, 2.05) is 64.1 Å². The van der Waals surface area contributed by atoms with Gasteiger partial charge in [0.1, 0.15) is 24.4 Å². The van der Waals surface area contributed by atoms with Crippen molar-refractivity contribution in [3.63, 3.8) is 0 Å².